The first-order chi connectivity index (χ1) is 16.6. The molecule has 0 bridgehead atoms. The number of piperidine rings is 1. The summed E-state index contributed by atoms with van der Waals surface area (Å²) in [5, 5.41) is 9.37. The number of benzene rings is 2. The van der Waals surface area contributed by atoms with Gasteiger partial charge in [-0.25, -0.2) is 9.37 Å². The number of nitrogens with zero attached hydrogens (tertiary/aromatic N) is 4. The third-order valence-electron chi connectivity index (χ3n) is 5.66. The molecule has 10 heteroatoms. The molecule has 34 heavy (non-hydrogen) atoms. The van der Waals surface area contributed by atoms with E-state index in [2.05, 4.69) is 16.3 Å². The molecule has 3 heterocycles. The number of fused-ring (bicyclic) bond motifs is 1. The van der Waals surface area contributed by atoms with Gasteiger partial charge in [-0.05, 0) is 44.0 Å². The van der Waals surface area contributed by atoms with Gasteiger partial charge in [0.1, 0.15) is 0 Å². The van der Waals surface area contributed by atoms with E-state index in [1.54, 1.807) is 30.4 Å². The Bertz CT molecular complexity index is 1260. The third-order valence-corrected chi connectivity index (χ3v) is 7.67. The summed E-state index contributed by atoms with van der Waals surface area (Å²) in [6.45, 7) is 3.11. The number of rotatable bonds is 7. The number of aromatic nitrogens is 3. The highest BCUT2D eigenvalue weighted by atomic mass is 32.2. The molecule has 5 rings (SSSR count). The number of hydrogen-bond acceptors (Lipinski definition) is 8. The highest BCUT2D eigenvalue weighted by Crippen LogP contribution is 2.33. The van der Waals surface area contributed by atoms with E-state index in [1.165, 1.54) is 28.6 Å². The van der Waals surface area contributed by atoms with E-state index in [0.29, 0.717) is 6.54 Å². The Labute approximate surface area is 204 Å². The monoisotopic (exact) mass is 498 g/mol. The molecule has 7 nitrogen and oxygen atoms in total. The van der Waals surface area contributed by atoms with Crippen molar-refractivity contribution in [2.24, 2.45) is 0 Å². The number of halogens is 1. The van der Waals surface area contributed by atoms with E-state index in [4.69, 9.17) is 14.1 Å². The van der Waals surface area contributed by atoms with Gasteiger partial charge in [-0.3, -0.25) is 4.79 Å². The van der Waals surface area contributed by atoms with Crippen molar-refractivity contribution in [1.29, 1.82) is 0 Å². The second-order valence-electron chi connectivity index (χ2n) is 8.08. The van der Waals surface area contributed by atoms with Crippen LogP contribution in [-0.2, 0) is 4.79 Å². The molecule has 2 aromatic carbocycles. The predicted molar refractivity (Wildman–Crippen MR) is 129 cm³/mol. The smallest absolute Gasteiger partial charge is 0.277 e. The van der Waals surface area contributed by atoms with Gasteiger partial charge in [0.25, 0.3) is 11.1 Å². The van der Waals surface area contributed by atoms with Gasteiger partial charge in [-0.1, -0.05) is 36.0 Å². The number of amides is 1. The molecule has 0 saturated carbocycles. The van der Waals surface area contributed by atoms with E-state index < -0.39 is 11.9 Å². The SMILES string of the molecule is C[C@@H](Oc1ccccc1F)c1nnc(SCC(=O)N2CCC[C@@H](c3nc4ccccc4s3)C2)o1. The largest absolute Gasteiger partial charge is 0.478 e. The van der Waals surface area contributed by atoms with Crippen LogP contribution in [-0.4, -0.2) is 44.8 Å². The van der Waals surface area contributed by atoms with Crippen molar-refractivity contribution in [3.63, 3.8) is 0 Å². The van der Waals surface area contributed by atoms with Gasteiger partial charge in [0, 0.05) is 19.0 Å². The summed E-state index contributed by atoms with van der Waals surface area (Å²) in [7, 11) is 0. The maximum atomic E-state index is 13.8. The Morgan fingerprint density at radius 2 is 2.09 bits per heavy atom. The fourth-order valence-corrected chi connectivity index (χ4v) is 5.67. The van der Waals surface area contributed by atoms with E-state index in [0.717, 1.165) is 29.9 Å². The fourth-order valence-electron chi connectivity index (χ4n) is 3.91. The molecule has 1 fully saturated rings. The molecule has 176 valence electrons. The first-order valence-electron chi connectivity index (χ1n) is 11.1. The Morgan fingerprint density at radius 1 is 1.26 bits per heavy atom. The minimum Gasteiger partial charge on any atom is -0.478 e. The first-order valence-corrected chi connectivity index (χ1v) is 12.9. The second kappa shape index (κ2) is 10.1. The zero-order valence-electron chi connectivity index (χ0n) is 18.5. The summed E-state index contributed by atoms with van der Waals surface area (Å²) in [6.07, 6.45) is 1.36. The maximum absolute atomic E-state index is 13.8. The van der Waals surface area contributed by atoms with Crippen LogP contribution in [0.3, 0.4) is 0 Å². The molecule has 1 aliphatic rings. The van der Waals surface area contributed by atoms with Crippen LogP contribution >= 0.6 is 23.1 Å². The predicted octanol–water partition coefficient (Wildman–Crippen LogP) is 5.46. The van der Waals surface area contributed by atoms with Crippen LogP contribution in [0.15, 0.2) is 58.2 Å². The zero-order chi connectivity index (χ0) is 23.5. The quantitative estimate of drug-likeness (QED) is 0.313. The summed E-state index contributed by atoms with van der Waals surface area (Å²) < 4.78 is 26.2. The molecule has 2 aromatic heterocycles. The molecular formula is C24H23FN4O3S2. The van der Waals surface area contributed by atoms with Crippen molar-refractivity contribution in [2.75, 3.05) is 18.8 Å². The summed E-state index contributed by atoms with van der Waals surface area (Å²) >= 11 is 2.91. The lowest BCUT2D eigenvalue weighted by Crippen LogP contribution is -2.40. The molecule has 0 unspecified atom stereocenters. The number of carbonyl (C=O) groups is 1. The van der Waals surface area contributed by atoms with Gasteiger partial charge in [-0.2, -0.15) is 0 Å². The molecule has 0 aliphatic carbocycles. The van der Waals surface area contributed by atoms with Crippen molar-refractivity contribution in [2.45, 2.75) is 37.0 Å². The van der Waals surface area contributed by atoms with E-state index in [1.807, 2.05) is 23.1 Å². The van der Waals surface area contributed by atoms with Crippen molar-refractivity contribution in [3.8, 4) is 5.75 Å². The standard InChI is InChI=1S/C24H23FN4O3S2/c1-15(31-19-10-4-2-8-17(19)25)22-27-28-24(32-22)33-14-21(30)29-12-6-7-16(13-29)23-26-18-9-3-5-11-20(18)34-23/h2-5,8-11,15-16H,6-7,12-14H2,1H3/t15-,16-/m1/s1. The van der Waals surface area contributed by atoms with Gasteiger partial charge in [-0.15, -0.1) is 21.5 Å². The number of thioether (sulfide) groups is 1. The number of thiazole rings is 1. The Morgan fingerprint density at radius 3 is 2.94 bits per heavy atom. The van der Waals surface area contributed by atoms with Crippen molar-refractivity contribution < 1.29 is 18.3 Å². The van der Waals surface area contributed by atoms with Crippen molar-refractivity contribution >= 4 is 39.2 Å². The normalized spacial score (nSPS) is 17.1. The molecule has 4 aromatic rings. The maximum Gasteiger partial charge on any atom is 0.277 e. The second-order valence-corrected chi connectivity index (χ2v) is 10.1. The Hall–Kier alpha value is -2.98. The molecule has 1 amide bonds. The van der Waals surface area contributed by atoms with Gasteiger partial charge >= 0.3 is 0 Å². The summed E-state index contributed by atoms with van der Waals surface area (Å²) in [5.41, 5.74) is 1.02. The lowest BCUT2D eigenvalue weighted by molar-refractivity contribution is -0.129. The molecule has 1 saturated heterocycles. The number of para-hydroxylation sites is 2. The minimum atomic E-state index is -0.619. The van der Waals surface area contributed by atoms with E-state index in [-0.39, 0.29) is 34.4 Å². The number of carbonyl (C=O) groups excluding carboxylic acids is 1. The number of ether oxygens (including phenoxy) is 1. The van der Waals surface area contributed by atoms with E-state index in [9.17, 15) is 9.18 Å². The van der Waals surface area contributed by atoms with Crippen LogP contribution in [0.5, 0.6) is 5.75 Å². The van der Waals surface area contributed by atoms with Gasteiger partial charge in [0.2, 0.25) is 5.91 Å². The summed E-state index contributed by atoms with van der Waals surface area (Å²) in [6, 6.07) is 14.3. The van der Waals surface area contributed by atoms with Crippen molar-refractivity contribution in [3.05, 3.63) is 65.2 Å². The highest BCUT2D eigenvalue weighted by Gasteiger charge is 2.27. The molecule has 2 atom stereocenters. The lowest BCUT2D eigenvalue weighted by Gasteiger charge is -2.31. The Balaban J connectivity index is 1.16. The van der Waals surface area contributed by atoms with Crippen molar-refractivity contribution in [1.82, 2.24) is 20.1 Å². The zero-order valence-corrected chi connectivity index (χ0v) is 20.2. The fraction of sp³-hybridized carbons (Fsp3) is 0.333. The van der Waals surface area contributed by atoms with E-state index >= 15 is 0 Å². The molecule has 0 radical (unpaired) electrons. The average molecular weight is 499 g/mol. The number of likely N-dealkylation sites (tertiary alicyclic amines) is 1. The first kappa shape index (κ1) is 22.8. The summed E-state index contributed by atoms with van der Waals surface area (Å²) in [5.74, 6) is 0.381. The van der Waals surface area contributed by atoms with Crippen LogP contribution in [0.4, 0.5) is 4.39 Å². The molecule has 0 N–H and O–H groups in total. The van der Waals surface area contributed by atoms with Crippen LogP contribution in [0.1, 0.15) is 42.7 Å². The van der Waals surface area contributed by atoms with Crippen LogP contribution in [0.25, 0.3) is 10.2 Å². The average Bonchev–Trinajstić information content (AvgIpc) is 3.51. The third kappa shape index (κ3) is 5.07. The van der Waals surface area contributed by atoms with Gasteiger partial charge < -0.3 is 14.1 Å². The lowest BCUT2D eigenvalue weighted by atomic mass is 9.99. The van der Waals surface area contributed by atoms with Crippen LogP contribution in [0, 0.1) is 5.82 Å². The summed E-state index contributed by atoms with van der Waals surface area (Å²) in [4.78, 5) is 19.6. The molecule has 1 aliphatic heterocycles. The van der Waals surface area contributed by atoms with Crippen LogP contribution < -0.4 is 4.74 Å². The highest BCUT2D eigenvalue weighted by molar-refractivity contribution is 7.99. The van der Waals surface area contributed by atoms with Gasteiger partial charge in [0.15, 0.2) is 17.7 Å². The Kier molecular flexibility index (Phi) is 6.77. The molecule has 0 spiro atoms. The number of hydrogen-bond donors (Lipinski definition) is 0. The van der Waals surface area contributed by atoms with Gasteiger partial charge in [0.05, 0.1) is 21.0 Å². The topological polar surface area (TPSA) is 81.4 Å². The minimum absolute atomic E-state index is 0.0335. The molecular weight excluding hydrogens is 475 g/mol. The van der Waals surface area contributed by atoms with Crippen LogP contribution in [0.2, 0.25) is 0 Å².